The van der Waals surface area contributed by atoms with Crippen molar-refractivity contribution < 1.29 is 14.3 Å². The molecular weight excluding hydrogens is 441 g/mol. The van der Waals surface area contributed by atoms with Crippen LogP contribution in [-0.4, -0.2) is 19.1 Å². The lowest BCUT2D eigenvalue weighted by Gasteiger charge is -2.13. The molecule has 3 aromatic rings. The maximum Gasteiger partial charge on any atom is 0.255 e. The first kappa shape index (κ1) is 18.3. The minimum absolute atomic E-state index is 0.167. The van der Waals surface area contributed by atoms with E-state index < -0.39 is 0 Å². The van der Waals surface area contributed by atoms with Crippen molar-refractivity contribution in [2.24, 2.45) is 0 Å². The highest BCUT2D eigenvalue weighted by molar-refractivity contribution is 14.1. The van der Waals surface area contributed by atoms with Crippen molar-refractivity contribution in [1.29, 1.82) is 0 Å². The van der Waals surface area contributed by atoms with Crippen LogP contribution in [0.2, 0.25) is 0 Å². The molecule has 132 valence electrons. The Morgan fingerprint density at radius 1 is 0.846 bits per heavy atom. The van der Waals surface area contributed by atoms with Gasteiger partial charge >= 0.3 is 0 Å². The number of amides is 1. The lowest BCUT2D eigenvalue weighted by atomic mass is 10.2. The first-order chi connectivity index (χ1) is 12.7. The van der Waals surface area contributed by atoms with Crippen molar-refractivity contribution in [3.63, 3.8) is 0 Å². The Bertz CT molecular complexity index is 868. The normalized spacial score (nSPS) is 10.2. The molecule has 0 radical (unpaired) electrons. The van der Waals surface area contributed by atoms with Gasteiger partial charge in [0.2, 0.25) is 0 Å². The Kier molecular flexibility index (Phi) is 6.49. The van der Waals surface area contributed by atoms with Crippen molar-refractivity contribution in [3.8, 4) is 11.5 Å². The van der Waals surface area contributed by atoms with E-state index in [0.717, 1.165) is 9.32 Å². The van der Waals surface area contributed by atoms with Gasteiger partial charge in [0.1, 0.15) is 24.7 Å². The van der Waals surface area contributed by atoms with Gasteiger partial charge in [-0.3, -0.25) is 4.79 Å². The van der Waals surface area contributed by atoms with Crippen LogP contribution in [0, 0.1) is 3.57 Å². The fourth-order valence-corrected chi connectivity index (χ4v) is 2.89. The van der Waals surface area contributed by atoms with Crippen LogP contribution in [0.25, 0.3) is 0 Å². The summed E-state index contributed by atoms with van der Waals surface area (Å²) in [5, 5.41) is 2.90. The van der Waals surface area contributed by atoms with E-state index in [4.69, 9.17) is 9.47 Å². The molecule has 0 spiro atoms. The largest absolute Gasteiger partial charge is 0.490 e. The molecule has 1 amide bonds. The number of halogens is 1. The lowest BCUT2D eigenvalue weighted by molar-refractivity contribution is 0.102. The number of para-hydroxylation sites is 3. The van der Waals surface area contributed by atoms with Gasteiger partial charge in [0.05, 0.1) is 5.69 Å². The third kappa shape index (κ3) is 5.23. The summed E-state index contributed by atoms with van der Waals surface area (Å²) in [4.78, 5) is 12.4. The lowest BCUT2D eigenvalue weighted by Crippen LogP contribution is -2.14. The van der Waals surface area contributed by atoms with Crippen molar-refractivity contribution in [2.45, 2.75) is 0 Å². The minimum Gasteiger partial charge on any atom is -0.490 e. The molecule has 0 aliphatic heterocycles. The van der Waals surface area contributed by atoms with Gasteiger partial charge in [0.25, 0.3) is 5.91 Å². The molecule has 0 aliphatic rings. The van der Waals surface area contributed by atoms with Crippen LogP contribution < -0.4 is 14.8 Å². The van der Waals surface area contributed by atoms with Crippen LogP contribution >= 0.6 is 22.6 Å². The molecule has 3 aromatic carbocycles. The van der Waals surface area contributed by atoms with Crippen molar-refractivity contribution >= 4 is 34.2 Å². The molecule has 0 heterocycles. The molecule has 0 aromatic heterocycles. The van der Waals surface area contributed by atoms with Crippen LogP contribution in [0.1, 0.15) is 10.4 Å². The van der Waals surface area contributed by atoms with E-state index in [1.54, 1.807) is 6.07 Å². The van der Waals surface area contributed by atoms with Crippen molar-refractivity contribution in [3.05, 3.63) is 88.0 Å². The SMILES string of the molecule is O=C(Nc1ccccc1OCCOc1ccccc1)c1cccc(I)c1. The van der Waals surface area contributed by atoms with Crippen LogP contribution in [0.4, 0.5) is 5.69 Å². The summed E-state index contributed by atoms with van der Waals surface area (Å²) in [6.45, 7) is 0.800. The number of nitrogens with one attached hydrogen (secondary N) is 1. The fourth-order valence-electron chi connectivity index (χ4n) is 2.35. The number of carbonyl (C=O) groups is 1. The van der Waals surface area contributed by atoms with E-state index in [-0.39, 0.29) is 5.91 Å². The quantitative estimate of drug-likeness (QED) is 0.400. The van der Waals surface area contributed by atoms with Crippen LogP contribution in [0.3, 0.4) is 0 Å². The Morgan fingerprint density at radius 2 is 1.58 bits per heavy atom. The Morgan fingerprint density at radius 3 is 2.38 bits per heavy atom. The smallest absolute Gasteiger partial charge is 0.255 e. The Balaban J connectivity index is 1.58. The van der Waals surface area contributed by atoms with Gasteiger partial charge in [-0.25, -0.2) is 0 Å². The molecule has 4 nitrogen and oxygen atoms in total. The van der Waals surface area contributed by atoms with E-state index in [1.165, 1.54) is 0 Å². The predicted octanol–water partition coefficient (Wildman–Crippen LogP) is 5.00. The third-order valence-corrected chi connectivity index (χ3v) is 4.25. The summed E-state index contributed by atoms with van der Waals surface area (Å²) in [6, 6.07) is 24.4. The Hall–Kier alpha value is -2.54. The van der Waals surface area contributed by atoms with Gasteiger partial charge in [0, 0.05) is 9.13 Å². The molecule has 0 saturated heterocycles. The predicted molar refractivity (Wildman–Crippen MR) is 111 cm³/mol. The number of anilines is 1. The molecule has 1 N–H and O–H groups in total. The van der Waals surface area contributed by atoms with Crippen LogP contribution in [0.5, 0.6) is 11.5 Å². The zero-order chi connectivity index (χ0) is 18.2. The zero-order valence-electron chi connectivity index (χ0n) is 14.0. The second-order valence-electron chi connectivity index (χ2n) is 5.47. The van der Waals surface area contributed by atoms with E-state index in [9.17, 15) is 4.79 Å². The van der Waals surface area contributed by atoms with Crippen LogP contribution in [-0.2, 0) is 0 Å². The maximum absolute atomic E-state index is 12.4. The first-order valence-corrected chi connectivity index (χ1v) is 9.27. The Labute approximate surface area is 166 Å². The van der Waals surface area contributed by atoms with Gasteiger partial charge in [-0.05, 0) is 65.1 Å². The standard InChI is InChI=1S/C21H18INO3/c22-17-8-6-7-16(15-17)21(24)23-19-11-4-5-12-20(19)26-14-13-25-18-9-2-1-3-10-18/h1-12,15H,13-14H2,(H,23,24). The number of rotatable bonds is 7. The fraction of sp³-hybridized carbons (Fsp3) is 0.0952. The molecule has 0 atom stereocenters. The molecule has 26 heavy (non-hydrogen) atoms. The van der Waals surface area contributed by atoms with E-state index in [1.807, 2.05) is 72.8 Å². The highest BCUT2D eigenvalue weighted by atomic mass is 127. The summed E-state index contributed by atoms with van der Waals surface area (Å²) in [7, 11) is 0. The number of carbonyl (C=O) groups excluding carboxylic acids is 1. The van der Waals surface area contributed by atoms with E-state index in [2.05, 4.69) is 27.9 Å². The second kappa shape index (κ2) is 9.24. The summed E-state index contributed by atoms with van der Waals surface area (Å²) < 4.78 is 12.4. The van der Waals surface area contributed by atoms with Gasteiger partial charge in [-0.1, -0.05) is 36.4 Å². The molecule has 3 rings (SSSR count). The van der Waals surface area contributed by atoms with Crippen molar-refractivity contribution in [2.75, 3.05) is 18.5 Å². The van der Waals surface area contributed by atoms with Gasteiger partial charge in [-0.2, -0.15) is 0 Å². The van der Waals surface area contributed by atoms with E-state index in [0.29, 0.717) is 30.2 Å². The minimum atomic E-state index is -0.167. The summed E-state index contributed by atoms with van der Waals surface area (Å²) in [6.07, 6.45) is 0. The number of benzene rings is 3. The average molecular weight is 459 g/mol. The molecule has 0 bridgehead atoms. The monoisotopic (exact) mass is 459 g/mol. The number of ether oxygens (including phenoxy) is 2. The van der Waals surface area contributed by atoms with Crippen LogP contribution in [0.15, 0.2) is 78.9 Å². The summed E-state index contributed by atoms with van der Waals surface area (Å²) >= 11 is 2.19. The number of hydrogen-bond acceptors (Lipinski definition) is 3. The second-order valence-corrected chi connectivity index (χ2v) is 6.72. The molecule has 0 fully saturated rings. The third-order valence-electron chi connectivity index (χ3n) is 3.57. The zero-order valence-corrected chi connectivity index (χ0v) is 16.2. The molecule has 0 aliphatic carbocycles. The van der Waals surface area contributed by atoms with E-state index >= 15 is 0 Å². The molecular formula is C21H18INO3. The number of hydrogen-bond donors (Lipinski definition) is 1. The molecule has 5 heteroatoms. The first-order valence-electron chi connectivity index (χ1n) is 8.19. The van der Waals surface area contributed by atoms with Crippen molar-refractivity contribution in [1.82, 2.24) is 0 Å². The average Bonchev–Trinajstić information content (AvgIpc) is 2.67. The molecule has 0 saturated carbocycles. The van der Waals surface area contributed by atoms with Gasteiger partial charge in [0.15, 0.2) is 0 Å². The summed E-state index contributed by atoms with van der Waals surface area (Å²) in [5.41, 5.74) is 1.25. The van der Waals surface area contributed by atoms with Gasteiger partial charge < -0.3 is 14.8 Å². The maximum atomic E-state index is 12.4. The highest BCUT2D eigenvalue weighted by Crippen LogP contribution is 2.24. The van der Waals surface area contributed by atoms with Gasteiger partial charge in [-0.15, -0.1) is 0 Å². The highest BCUT2D eigenvalue weighted by Gasteiger charge is 2.10. The molecule has 0 unspecified atom stereocenters. The topological polar surface area (TPSA) is 47.6 Å². The summed E-state index contributed by atoms with van der Waals surface area (Å²) in [5.74, 6) is 1.25.